The first-order chi connectivity index (χ1) is 15.0. The molecule has 1 N–H and O–H groups in total. The van der Waals surface area contributed by atoms with E-state index in [1.807, 2.05) is 30.3 Å². The Morgan fingerprint density at radius 2 is 1.90 bits per heavy atom. The van der Waals surface area contributed by atoms with Crippen LogP contribution in [0.15, 0.2) is 36.4 Å². The number of amides is 1. The van der Waals surface area contributed by atoms with E-state index in [9.17, 15) is 14.4 Å². The zero-order chi connectivity index (χ0) is 21.8. The predicted molar refractivity (Wildman–Crippen MR) is 119 cm³/mol. The predicted octanol–water partition coefficient (Wildman–Crippen LogP) is 4.90. The maximum atomic E-state index is 12.4. The Hall–Kier alpha value is -2.67. The lowest BCUT2D eigenvalue weighted by molar-refractivity contribution is -0.148. The highest BCUT2D eigenvalue weighted by molar-refractivity contribution is 7.18. The van der Waals surface area contributed by atoms with E-state index in [0.717, 1.165) is 22.8 Å². The number of ether oxygens (including phenoxy) is 2. The molecule has 2 aliphatic carbocycles. The molecule has 0 saturated heterocycles. The number of carbonyl (C=O) groups excluding carboxylic acids is 3. The van der Waals surface area contributed by atoms with E-state index in [1.54, 1.807) is 13.0 Å². The number of fused-ring (bicyclic) bond motifs is 2. The fourth-order valence-corrected chi connectivity index (χ4v) is 5.82. The highest BCUT2D eigenvalue weighted by Crippen LogP contribution is 2.49. The highest BCUT2D eigenvalue weighted by atomic mass is 32.1. The number of benzene rings is 1. The summed E-state index contributed by atoms with van der Waals surface area (Å²) in [6, 6.07) is 11.4. The Kier molecular flexibility index (Phi) is 6.70. The van der Waals surface area contributed by atoms with Crippen LogP contribution in [0.2, 0.25) is 0 Å². The lowest BCUT2D eigenvalue weighted by atomic mass is 9.86. The summed E-state index contributed by atoms with van der Waals surface area (Å²) in [5, 5.41) is 2.71. The quantitative estimate of drug-likeness (QED) is 0.589. The molecule has 2 saturated carbocycles. The van der Waals surface area contributed by atoms with E-state index in [0.29, 0.717) is 28.8 Å². The van der Waals surface area contributed by atoms with Gasteiger partial charge in [-0.1, -0.05) is 36.8 Å². The van der Waals surface area contributed by atoms with Gasteiger partial charge >= 0.3 is 11.9 Å². The second kappa shape index (κ2) is 9.64. The minimum atomic E-state index is -0.488. The van der Waals surface area contributed by atoms with Crippen molar-refractivity contribution < 1.29 is 23.9 Å². The number of rotatable bonds is 8. The van der Waals surface area contributed by atoms with Crippen LogP contribution in [-0.4, -0.2) is 31.1 Å². The topological polar surface area (TPSA) is 81.7 Å². The van der Waals surface area contributed by atoms with Crippen LogP contribution in [0.4, 0.5) is 5.69 Å². The maximum absolute atomic E-state index is 12.4. The second-order valence-electron chi connectivity index (χ2n) is 8.29. The molecule has 0 aliphatic heterocycles. The number of hydrogen-bond acceptors (Lipinski definition) is 6. The molecule has 164 valence electrons. The fourth-order valence-electron chi connectivity index (χ4n) is 4.81. The van der Waals surface area contributed by atoms with Crippen LogP contribution in [0, 0.1) is 17.8 Å². The number of nitrogens with one attached hydrogen (secondary N) is 1. The van der Waals surface area contributed by atoms with Crippen LogP contribution in [0.5, 0.6) is 0 Å². The van der Waals surface area contributed by atoms with Crippen LogP contribution >= 0.6 is 11.3 Å². The highest BCUT2D eigenvalue weighted by Gasteiger charge is 2.40. The number of thiophene rings is 1. The van der Waals surface area contributed by atoms with Crippen molar-refractivity contribution in [3.05, 3.63) is 41.3 Å². The van der Waals surface area contributed by atoms with Crippen LogP contribution in [0.1, 0.15) is 48.7 Å². The van der Waals surface area contributed by atoms with Gasteiger partial charge in [0, 0.05) is 11.3 Å². The molecule has 0 unspecified atom stereocenters. The molecule has 0 radical (unpaired) electrons. The molecular weight excluding hydrogens is 414 g/mol. The summed E-state index contributed by atoms with van der Waals surface area (Å²) in [6.07, 6.45) is 5.22. The number of hydrogen-bond donors (Lipinski definition) is 1. The van der Waals surface area contributed by atoms with Gasteiger partial charge < -0.3 is 14.8 Å². The molecule has 1 amide bonds. The molecule has 2 aliphatic rings. The summed E-state index contributed by atoms with van der Waals surface area (Å²) in [4.78, 5) is 38.2. The molecular formula is C24H27NO5S. The summed E-state index contributed by atoms with van der Waals surface area (Å²) in [5.74, 6) is 0.525. The van der Waals surface area contributed by atoms with Crippen molar-refractivity contribution in [2.75, 3.05) is 18.5 Å². The first-order valence-electron chi connectivity index (χ1n) is 10.8. The Bertz CT molecular complexity index is 954. The minimum absolute atomic E-state index is 0.241. The second-order valence-corrected chi connectivity index (χ2v) is 9.34. The van der Waals surface area contributed by atoms with Crippen LogP contribution in [-0.2, 0) is 19.1 Å². The lowest BCUT2D eigenvalue weighted by Crippen LogP contribution is -2.23. The number of anilines is 1. The third kappa shape index (κ3) is 5.15. The van der Waals surface area contributed by atoms with Crippen molar-refractivity contribution >= 4 is 34.9 Å². The average Bonchev–Trinajstić information content (AvgIpc) is 3.49. The van der Waals surface area contributed by atoms with Crippen molar-refractivity contribution in [3.63, 3.8) is 0 Å². The SMILES string of the molecule is CCOC(=O)c1sc(-c2ccccc2)cc1NC(=O)COC(=O)C[C@H]1C[C@@H]2CC[C@H]1C2. The third-order valence-electron chi connectivity index (χ3n) is 6.20. The first kappa shape index (κ1) is 21.6. The largest absolute Gasteiger partial charge is 0.462 e. The number of esters is 2. The summed E-state index contributed by atoms with van der Waals surface area (Å²) >= 11 is 1.26. The van der Waals surface area contributed by atoms with Crippen molar-refractivity contribution in [1.29, 1.82) is 0 Å². The zero-order valence-corrected chi connectivity index (χ0v) is 18.4. The van der Waals surface area contributed by atoms with Crippen LogP contribution < -0.4 is 5.32 Å². The molecule has 4 rings (SSSR count). The maximum Gasteiger partial charge on any atom is 0.350 e. The van der Waals surface area contributed by atoms with Gasteiger partial charge in [-0.05, 0) is 55.6 Å². The van der Waals surface area contributed by atoms with E-state index < -0.39 is 11.9 Å². The Morgan fingerprint density at radius 1 is 1.10 bits per heavy atom. The summed E-state index contributed by atoms with van der Waals surface area (Å²) in [5.41, 5.74) is 1.31. The Labute approximate surface area is 185 Å². The number of carbonyl (C=O) groups is 3. The molecule has 6 nitrogen and oxygen atoms in total. The monoisotopic (exact) mass is 441 g/mol. The molecule has 3 atom stereocenters. The Balaban J connectivity index is 1.36. The summed E-state index contributed by atoms with van der Waals surface area (Å²) in [6.45, 7) is 1.61. The van der Waals surface area contributed by atoms with E-state index in [4.69, 9.17) is 9.47 Å². The van der Waals surface area contributed by atoms with Crippen molar-refractivity contribution in [2.24, 2.45) is 17.8 Å². The molecule has 7 heteroatoms. The van der Waals surface area contributed by atoms with Gasteiger partial charge in [0.15, 0.2) is 6.61 Å². The van der Waals surface area contributed by atoms with Gasteiger partial charge in [-0.25, -0.2) is 4.79 Å². The van der Waals surface area contributed by atoms with Crippen molar-refractivity contribution in [2.45, 2.75) is 39.0 Å². The van der Waals surface area contributed by atoms with Gasteiger partial charge in [-0.15, -0.1) is 11.3 Å². The average molecular weight is 442 g/mol. The van der Waals surface area contributed by atoms with Gasteiger partial charge in [0.05, 0.1) is 12.3 Å². The van der Waals surface area contributed by atoms with Gasteiger partial charge in [0.25, 0.3) is 5.91 Å². The molecule has 1 aromatic carbocycles. The van der Waals surface area contributed by atoms with E-state index in [2.05, 4.69) is 5.32 Å². The lowest BCUT2D eigenvalue weighted by Gasteiger charge is -2.20. The van der Waals surface area contributed by atoms with Gasteiger partial charge in [-0.3, -0.25) is 9.59 Å². The zero-order valence-electron chi connectivity index (χ0n) is 17.6. The van der Waals surface area contributed by atoms with Crippen LogP contribution in [0.3, 0.4) is 0 Å². The molecule has 1 aromatic heterocycles. The van der Waals surface area contributed by atoms with Crippen molar-refractivity contribution in [3.8, 4) is 10.4 Å². The smallest absolute Gasteiger partial charge is 0.350 e. The van der Waals surface area contributed by atoms with Gasteiger partial charge in [-0.2, -0.15) is 0 Å². The molecule has 31 heavy (non-hydrogen) atoms. The summed E-state index contributed by atoms with van der Waals surface area (Å²) < 4.78 is 10.4. The summed E-state index contributed by atoms with van der Waals surface area (Å²) in [7, 11) is 0. The first-order valence-corrected chi connectivity index (χ1v) is 11.7. The molecule has 0 spiro atoms. The standard InChI is InChI=1S/C24H27NO5S/c1-2-29-24(28)23-19(13-20(31-23)16-6-4-3-5-7-16)25-21(26)14-30-22(27)12-18-11-15-8-9-17(18)10-15/h3-7,13,15,17-18H,2,8-12,14H2,1H3,(H,25,26)/t15-,17+,18-/m1/s1. The van der Waals surface area contributed by atoms with E-state index in [1.165, 1.54) is 30.6 Å². The van der Waals surface area contributed by atoms with E-state index in [-0.39, 0.29) is 19.2 Å². The molecule has 2 aromatic rings. The fraction of sp³-hybridized carbons (Fsp3) is 0.458. The minimum Gasteiger partial charge on any atom is -0.462 e. The van der Waals surface area contributed by atoms with Gasteiger partial charge in [0.2, 0.25) is 0 Å². The van der Waals surface area contributed by atoms with Crippen LogP contribution in [0.25, 0.3) is 10.4 Å². The Morgan fingerprint density at radius 3 is 2.58 bits per heavy atom. The molecule has 1 heterocycles. The third-order valence-corrected chi connectivity index (χ3v) is 7.37. The molecule has 2 bridgehead atoms. The van der Waals surface area contributed by atoms with Crippen molar-refractivity contribution in [1.82, 2.24) is 0 Å². The van der Waals surface area contributed by atoms with Gasteiger partial charge in [0.1, 0.15) is 4.88 Å². The molecule has 2 fully saturated rings. The normalized spacial score (nSPS) is 21.6. The van der Waals surface area contributed by atoms with E-state index >= 15 is 0 Å².